The van der Waals surface area contributed by atoms with Crippen LogP contribution in [0.25, 0.3) is 22.4 Å². The van der Waals surface area contributed by atoms with Crippen molar-refractivity contribution in [1.82, 2.24) is 25.0 Å². The number of nitrogens with one attached hydrogen (secondary N) is 1. The highest BCUT2D eigenvalue weighted by molar-refractivity contribution is 6.05. The number of nitrogen functional groups attached to an aromatic ring is 1. The molecule has 9 heteroatoms. The second kappa shape index (κ2) is 7.05. The molecule has 1 atom stereocenters. The summed E-state index contributed by atoms with van der Waals surface area (Å²) in [5.74, 6) is -0.502. The topological polar surface area (TPSA) is 123 Å². The van der Waals surface area contributed by atoms with Gasteiger partial charge >= 0.3 is 0 Å². The number of benzene rings is 1. The summed E-state index contributed by atoms with van der Waals surface area (Å²) in [6, 6.07) is 8.68. The Kier molecular flexibility index (Phi) is 4.32. The third-order valence-corrected chi connectivity index (χ3v) is 5.87. The zero-order chi connectivity index (χ0) is 21.7. The normalized spacial score (nSPS) is 18.3. The monoisotopic (exact) mass is 416 g/mol. The van der Waals surface area contributed by atoms with Gasteiger partial charge in [-0.15, -0.1) is 0 Å². The Balaban J connectivity index is 1.51. The minimum Gasteiger partial charge on any atom is -0.383 e. The number of anilines is 1. The lowest BCUT2D eigenvalue weighted by Gasteiger charge is -2.29. The number of pyridine rings is 1. The van der Waals surface area contributed by atoms with E-state index in [1.54, 1.807) is 28.0 Å². The Morgan fingerprint density at radius 2 is 1.97 bits per heavy atom. The highest BCUT2D eigenvalue weighted by Gasteiger charge is 2.39. The van der Waals surface area contributed by atoms with Crippen LogP contribution in [0.15, 0.2) is 42.7 Å². The number of aromatic nitrogens is 3. The molecule has 0 aliphatic carbocycles. The van der Waals surface area contributed by atoms with E-state index in [1.807, 2.05) is 31.3 Å². The van der Waals surface area contributed by atoms with Crippen LogP contribution in [-0.4, -0.2) is 43.4 Å². The van der Waals surface area contributed by atoms with Gasteiger partial charge in [0.1, 0.15) is 11.9 Å². The van der Waals surface area contributed by atoms with Crippen LogP contribution in [0.4, 0.5) is 5.82 Å². The van der Waals surface area contributed by atoms with E-state index in [0.717, 1.165) is 27.9 Å². The van der Waals surface area contributed by atoms with Gasteiger partial charge in [0.2, 0.25) is 11.8 Å². The van der Waals surface area contributed by atoms with E-state index < -0.39 is 11.9 Å². The molecule has 3 aromatic rings. The Hall–Kier alpha value is -4.01. The van der Waals surface area contributed by atoms with Crippen LogP contribution in [0, 0.1) is 0 Å². The van der Waals surface area contributed by atoms with Gasteiger partial charge in [-0.1, -0.05) is 6.07 Å². The van der Waals surface area contributed by atoms with E-state index >= 15 is 0 Å². The molecule has 31 heavy (non-hydrogen) atoms. The maximum atomic E-state index is 12.9. The van der Waals surface area contributed by atoms with Gasteiger partial charge < -0.3 is 10.6 Å². The summed E-state index contributed by atoms with van der Waals surface area (Å²) in [5.41, 5.74) is 10.9. The Morgan fingerprint density at radius 3 is 2.74 bits per heavy atom. The second-order valence-electron chi connectivity index (χ2n) is 7.74. The summed E-state index contributed by atoms with van der Waals surface area (Å²) in [6.45, 7) is 0.318. The van der Waals surface area contributed by atoms with Crippen molar-refractivity contribution in [3.63, 3.8) is 0 Å². The molecule has 1 aromatic carbocycles. The van der Waals surface area contributed by atoms with Crippen molar-refractivity contribution in [3.8, 4) is 22.4 Å². The number of rotatable bonds is 3. The first kappa shape index (κ1) is 19.0. The molecular formula is C22H20N6O3. The van der Waals surface area contributed by atoms with Gasteiger partial charge in [0, 0.05) is 42.9 Å². The lowest BCUT2D eigenvalue weighted by molar-refractivity contribution is -0.136. The van der Waals surface area contributed by atoms with Gasteiger partial charge in [-0.3, -0.25) is 24.4 Å². The molecule has 2 aliphatic heterocycles. The fourth-order valence-corrected chi connectivity index (χ4v) is 4.33. The van der Waals surface area contributed by atoms with Crippen molar-refractivity contribution >= 4 is 23.5 Å². The number of hydrogen-bond donors (Lipinski definition) is 2. The first-order valence-corrected chi connectivity index (χ1v) is 9.95. The van der Waals surface area contributed by atoms with Gasteiger partial charge in [-0.05, 0) is 41.8 Å². The van der Waals surface area contributed by atoms with Crippen LogP contribution < -0.4 is 11.1 Å². The number of aryl methyl sites for hydroxylation is 1. The van der Waals surface area contributed by atoms with Crippen LogP contribution in [-0.2, 0) is 23.2 Å². The van der Waals surface area contributed by atoms with E-state index in [9.17, 15) is 14.4 Å². The molecule has 0 spiro atoms. The summed E-state index contributed by atoms with van der Waals surface area (Å²) in [6.07, 6.45) is 3.97. The fourth-order valence-electron chi connectivity index (χ4n) is 4.33. The molecule has 0 radical (unpaired) electrons. The highest BCUT2D eigenvalue weighted by atomic mass is 16.2. The summed E-state index contributed by atoms with van der Waals surface area (Å²) in [4.78, 5) is 42.4. The van der Waals surface area contributed by atoms with Crippen LogP contribution in [0.1, 0.15) is 28.8 Å². The van der Waals surface area contributed by atoms with Crippen LogP contribution in [0.2, 0.25) is 0 Å². The lowest BCUT2D eigenvalue weighted by Crippen LogP contribution is -2.52. The van der Waals surface area contributed by atoms with Crippen LogP contribution >= 0.6 is 0 Å². The van der Waals surface area contributed by atoms with E-state index in [4.69, 9.17) is 5.73 Å². The van der Waals surface area contributed by atoms with Gasteiger partial charge in [-0.2, -0.15) is 5.10 Å². The molecular weight excluding hydrogens is 396 g/mol. The number of piperidine rings is 1. The summed E-state index contributed by atoms with van der Waals surface area (Å²) >= 11 is 0. The van der Waals surface area contributed by atoms with Crippen LogP contribution in [0.3, 0.4) is 0 Å². The van der Waals surface area contributed by atoms with Crippen molar-refractivity contribution < 1.29 is 14.4 Å². The lowest BCUT2D eigenvalue weighted by atomic mass is 9.98. The van der Waals surface area contributed by atoms with Crippen molar-refractivity contribution in [2.75, 3.05) is 5.73 Å². The first-order valence-electron chi connectivity index (χ1n) is 9.95. The third-order valence-electron chi connectivity index (χ3n) is 5.87. The van der Waals surface area contributed by atoms with E-state index in [-0.39, 0.29) is 18.2 Å². The summed E-state index contributed by atoms with van der Waals surface area (Å²) < 4.78 is 1.75. The van der Waals surface area contributed by atoms with Crippen molar-refractivity contribution in [3.05, 3.63) is 53.9 Å². The van der Waals surface area contributed by atoms with E-state index in [1.165, 1.54) is 0 Å². The number of nitrogens with zero attached hydrogens (tertiary/aromatic N) is 4. The van der Waals surface area contributed by atoms with E-state index in [0.29, 0.717) is 24.3 Å². The summed E-state index contributed by atoms with van der Waals surface area (Å²) in [5, 5.41) is 6.72. The molecule has 0 saturated carbocycles. The van der Waals surface area contributed by atoms with Gasteiger partial charge in [0.15, 0.2) is 0 Å². The Bertz CT molecular complexity index is 1250. The third kappa shape index (κ3) is 3.05. The van der Waals surface area contributed by atoms with Gasteiger partial charge in [0.05, 0.1) is 11.9 Å². The molecule has 0 bridgehead atoms. The molecule has 3 amide bonds. The first-order chi connectivity index (χ1) is 14.9. The summed E-state index contributed by atoms with van der Waals surface area (Å²) in [7, 11) is 1.84. The SMILES string of the molecule is Cn1ncc(-c2ccc3c(c2)CN([C@H]2CCC(=O)NC2=O)C3=O)c1-c1cccnc1N. The van der Waals surface area contributed by atoms with Crippen molar-refractivity contribution in [1.29, 1.82) is 0 Å². The molecule has 3 N–H and O–H groups in total. The smallest absolute Gasteiger partial charge is 0.255 e. The molecule has 1 fully saturated rings. The van der Waals surface area contributed by atoms with Crippen molar-refractivity contribution in [2.24, 2.45) is 7.05 Å². The molecule has 4 heterocycles. The average molecular weight is 416 g/mol. The minimum atomic E-state index is -0.634. The number of hydrogen-bond acceptors (Lipinski definition) is 6. The maximum absolute atomic E-state index is 12.9. The standard InChI is InChI=1S/C22H20N6O3/c1-27-19(15-3-2-8-24-20(15)23)16(10-25-27)12-4-5-14-13(9-12)11-28(22(14)31)17-6-7-18(29)26-21(17)30/h2-5,8-10,17H,6-7,11H2,1H3,(H2,23,24)(H,26,29,30)/t17-/m0/s1. The maximum Gasteiger partial charge on any atom is 0.255 e. The number of carbonyl (C=O) groups is 3. The number of fused-ring (bicyclic) bond motifs is 1. The zero-order valence-electron chi connectivity index (χ0n) is 16.8. The second-order valence-corrected chi connectivity index (χ2v) is 7.74. The molecule has 1 saturated heterocycles. The average Bonchev–Trinajstić information content (AvgIpc) is 3.28. The molecule has 5 rings (SSSR count). The van der Waals surface area contributed by atoms with Crippen LogP contribution in [0.5, 0.6) is 0 Å². The Morgan fingerprint density at radius 1 is 1.13 bits per heavy atom. The predicted octanol–water partition coefficient (Wildman–Crippen LogP) is 1.49. The molecule has 156 valence electrons. The molecule has 2 aliphatic rings. The molecule has 0 unspecified atom stereocenters. The number of imide groups is 1. The molecule has 9 nitrogen and oxygen atoms in total. The number of carbonyl (C=O) groups excluding carboxylic acids is 3. The van der Waals surface area contributed by atoms with Gasteiger partial charge in [-0.25, -0.2) is 4.98 Å². The number of nitrogens with two attached hydrogens (primary N) is 1. The largest absolute Gasteiger partial charge is 0.383 e. The quantitative estimate of drug-likeness (QED) is 0.624. The number of amides is 3. The zero-order valence-corrected chi connectivity index (χ0v) is 16.8. The molecule has 2 aromatic heterocycles. The Labute approximate surface area is 177 Å². The van der Waals surface area contributed by atoms with Crippen molar-refractivity contribution in [2.45, 2.75) is 25.4 Å². The predicted molar refractivity (Wildman–Crippen MR) is 112 cm³/mol. The highest BCUT2D eigenvalue weighted by Crippen LogP contribution is 2.36. The fraction of sp³-hybridized carbons (Fsp3) is 0.227. The van der Waals surface area contributed by atoms with Gasteiger partial charge in [0.25, 0.3) is 5.91 Å². The minimum absolute atomic E-state index is 0.195. The van der Waals surface area contributed by atoms with E-state index in [2.05, 4.69) is 15.4 Å².